The van der Waals surface area contributed by atoms with Gasteiger partial charge in [0.05, 0.1) is 0 Å². The van der Waals surface area contributed by atoms with Crippen molar-refractivity contribution < 1.29 is 9.53 Å². The fourth-order valence-electron chi connectivity index (χ4n) is 2.92. The Morgan fingerprint density at radius 1 is 0.731 bits per heavy atom. The van der Waals surface area contributed by atoms with E-state index in [0.717, 1.165) is 16.7 Å². The Hall–Kier alpha value is -2.70. The van der Waals surface area contributed by atoms with Crippen molar-refractivity contribution in [3.63, 3.8) is 0 Å². The standard InChI is InChI=1S/C23H20O2.H3P/c1-18(2)22(24)25-23(19-12-6-3-7-13-19,20-14-8-4-9-15-20)21-16-10-5-11-17-21;/h3-17H,1H2,2H3;1H3. The van der Waals surface area contributed by atoms with E-state index < -0.39 is 11.6 Å². The van der Waals surface area contributed by atoms with Crippen LogP contribution in [0.3, 0.4) is 0 Å². The Kier molecular flexibility index (Phi) is 6.49. The summed E-state index contributed by atoms with van der Waals surface area (Å²) in [5.41, 5.74) is 2.01. The molecule has 3 aromatic carbocycles. The van der Waals surface area contributed by atoms with Crippen LogP contribution in [0.25, 0.3) is 0 Å². The molecule has 0 saturated carbocycles. The van der Waals surface area contributed by atoms with E-state index in [1.54, 1.807) is 6.92 Å². The molecule has 0 aliphatic heterocycles. The summed E-state index contributed by atoms with van der Waals surface area (Å²) < 4.78 is 6.12. The van der Waals surface area contributed by atoms with Gasteiger partial charge < -0.3 is 4.74 Å². The van der Waals surface area contributed by atoms with Crippen LogP contribution >= 0.6 is 9.90 Å². The molecule has 3 rings (SSSR count). The van der Waals surface area contributed by atoms with Gasteiger partial charge in [0.1, 0.15) is 0 Å². The highest BCUT2D eigenvalue weighted by Gasteiger charge is 2.40. The van der Waals surface area contributed by atoms with E-state index in [1.807, 2.05) is 91.0 Å². The van der Waals surface area contributed by atoms with Crippen molar-refractivity contribution in [2.75, 3.05) is 0 Å². The van der Waals surface area contributed by atoms with Gasteiger partial charge in [0.2, 0.25) is 0 Å². The first kappa shape index (κ1) is 19.6. The third-order valence-corrected chi connectivity index (χ3v) is 4.14. The zero-order valence-electron chi connectivity index (χ0n) is 14.9. The van der Waals surface area contributed by atoms with Crippen molar-refractivity contribution in [1.82, 2.24) is 0 Å². The molecular formula is C23H23O2P. The summed E-state index contributed by atoms with van der Waals surface area (Å²) in [6.07, 6.45) is 0. The van der Waals surface area contributed by atoms with Gasteiger partial charge in [-0.3, -0.25) is 0 Å². The molecule has 0 radical (unpaired) electrons. The maximum Gasteiger partial charge on any atom is 0.334 e. The van der Waals surface area contributed by atoms with Crippen molar-refractivity contribution in [2.24, 2.45) is 0 Å². The van der Waals surface area contributed by atoms with Crippen molar-refractivity contribution in [1.29, 1.82) is 0 Å². The largest absolute Gasteiger partial charge is 0.441 e. The summed E-state index contributed by atoms with van der Waals surface area (Å²) in [4.78, 5) is 12.6. The first-order valence-electron chi connectivity index (χ1n) is 8.20. The van der Waals surface area contributed by atoms with E-state index in [-0.39, 0.29) is 9.90 Å². The average molecular weight is 362 g/mol. The molecule has 3 aromatic rings. The third-order valence-electron chi connectivity index (χ3n) is 4.14. The van der Waals surface area contributed by atoms with Crippen molar-refractivity contribution in [3.05, 3.63) is 120 Å². The fraction of sp³-hybridized carbons (Fsp3) is 0.0870. The van der Waals surface area contributed by atoms with Gasteiger partial charge in [-0.15, -0.1) is 0 Å². The minimum atomic E-state index is -1.03. The molecule has 0 amide bonds. The summed E-state index contributed by atoms with van der Waals surface area (Å²) in [5, 5.41) is 0. The molecule has 132 valence electrons. The predicted octanol–water partition coefficient (Wildman–Crippen LogP) is 5.16. The second-order valence-corrected chi connectivity index (χ2v) is 5.95. The molecule has 0 bridgehead atoms. The summed E-state index contributed by atoms with van der Waals surface area (Å²) in [6.45, 7) is 5.41. The van der Waals surface area contributed by atoms with Crippen LogP contribution in [0.1, 0.15) is 23.6 Å². The first-order chi connectivity index (χ1) is 12.1. The zero-order valence-corrected chi connectivity index (χ0v) is 16.3. The molecule has 0 saturated heterocycles. The van der Waals surface area contributed by atoms with Gasteiger partial charge in [0.15, 0.2) is 5.60 Å². The van der Waals surface area contributed by atoms with Crippen LogP contribution in [0.15, 0.2) is 103 Å². The lowest BCUT2D eigenvalue weighted by Gasteiger charge is -2.35. The fourth-order valence-corrected chi connectivity index (χ4v) is 2.92. The van der Waals surface area contributed by atoms with Gasteiger partial charge in [-0.25, -0.2) is 4.79 Å². The first-order valence-corrected chi connectivity index (χ1v) is 8.20. The second kappa shape index (κ2) is 8.60. The highest BCUT2D eigenvalue weighted by molar-refractivity contribution is 6.92. The molecule has 26 heavy (non-hydrogen) atoms. The molecule has 0 aliphatic rings. The number of carbonyl (C=O) groups is 1. The van der Waals surface area contributed by atoms with E-state index in [2.05, 4.69) is 6.58 Å². The molecule has 1 unspecified atom stereocenters. The minimum Gasteiger partial charge on any atom is -0.441 e. The van der Waals surface area contributed by atoms with Crippen molar-refractivity contribution in [3.8, 4) is 0 Å². The molecule has 2 nitrogen and oxygen atoms in total. The van der Waals surface area contributed by atoms with E-state index in [0.29, 0.717) is 5.57 Å². The molecule has 0 fully saturated rings. The van der Waals surface area contributed by atoms with Crippen LogP contribution in [0.4, 0.5) is 0 Å². The normalized spacial score (nSPS) is 10.5. The van der Waals surface area contributed by atoms with E-state index in [4.69, 9.17) is 4.74 Å². The monoisotopic (exact) mass is 362 g/mol. The molecule has 0 aromatic heterocycles. The van der Waals surface area contributed by atoms with Gasteiger partial charge in [0.25, 0.3) is 0 Å². The van der Waals surface area contributed by atoms with Crippen molar-refractivity contribution in [2.45, 2.75) is 12.5 Å². The van der Waals surface area contributed by atoms with Crippen molar-refractivity contribution >= 4 is 15.9 Å². The van der Waals surface area contributed by atoms with E-state index in [9.17, 15) is 4.79 Å². The van der Waals surface area contributed by atoms with Gasteiger partial charge in [-0.2, -0.15) is 9.90 Å². The number of rotatable bonds is 5. The number of hydrogen-bond acceptors (Lipinski definition) is 2. The highest BCUT2D eigenvalue weighted by atomic mass is 31.0. The predicted molar refractivity (Wildman–Crippen MR) is 111 cm³/mol. The number of carbonyl (C=O) groups excluding carboxylic acids is 1. The number of benzene rings is 3. The van der Waals surface area contributed by atoms with Crippen LogP contribution in [0.5, 0.6) is 0 Å². The smallest absolute Gasteiger partial charge is 0.334 e. The molecule has 3 heteroatoms. The lowest BCUT2D eigenvalue weighted by atomic mass is 9.80. The molecule has 0 aliphatic carbocycles. The number of esters is 1. The minimum absolute atomic E-state index is 0. The third kappa shape index (κ3) is 3.76. The lowest BCUT2D eigenvalue weighted by molar-refractivity contribution is -0.148. The maximum atomic E-state index is 12.6. The summed E-state index contributed by atoms with van der Waals surface area (Å²) in [7, 11) is 0. The van der Waals surface area contributed by atoms with Crippen LogP contribution in [0, 0.1) is 0 Å². The van der Waals surface area contributed by atoms with Gasteiger partial charge in [-0.1, -0.05) is 97.6 Å². The average Bonchev–Trinajstić information content (AvgIpc) is 2.68. The molecule has 1 atom stereocenters. The summed E-state index contributed by atoms with van der Waals surface area (Å²) in [5.74, 6) is -0.420. The zero-order chi connectivity index (χ0) is 17.7. The molecule has 0 spiro atoms. The Balaban J connectivity index is 0.00000243. The van der Waals surface area contributed by atoms with E-state index in [1.165, 1.54) is 0 Å². The highest BCUT2D eigenvalue weighted by Crippen LogP contribution is 2.40. The number of ether oxygens (including phenoxy) is 1. The molecule has 0 N–H and O–H groups in total. The van der Waals surface area contributed by atoms with Crippen LogP contribution in [0.2, 0.25) is 0 Å². The lowest BCUT2D eigenvalue weighted by Crippen LogP contribution is -2.35. The quantitative estimate of drug-likeness (QED) is 0.271. The van der Waals surface area contributed by atoms with Gasteiger partial charge in [-0.05, 0) is 6.92 Å². The Labute approximate surface area is 158 Å². The van der Waals surface area contributed by atoms with Crippen LogP contribution in [-0.4, -0.2) is 5.97 Å². The second-order valence-electron chi connectivity index (χ2n) is 5.95. The topological polar surface area (TPSA) is 26.3 Å². The van der Waals surface area contributed by atoms with E-state index >= 15 is 0 Å². The Morgan fingerprint density at radius 3 is 1.31 bits per heavy atom. The van der Waals surface area contributed by atoms with Gasteiger partial charge >= 0.3 is 5.97 Å². The molecular weight excluding hydrogens is 339 g/mol. The maximum absolute atomic E-state index is 12.6. The summed E-state index contributed by atoms with van der Waals surface area (Å²) >= 11 is 0. The van der Waals surface area contributed by atoms with Crippen LogP contribution < -0.4 is 0 Å². The number of hydrogen-bond donors (Lipinski definition) is 0. The molecule has 0 heterocycles. The SMILES string of the molecule is C=C(C)C(=O)OC(c1ccccc1)(c1ccccc1)c1ccccc1.P. The Bertz CT molecular complexity index is 762. The van der Waals surface area contributed by atoms with Crippen LogP contribution in [-0.2, 0) is 15.1 Å². The Morgan fingerprint density at radius 2 is 1.04 bits per heavy atom. The summed E-state index contributed by atoms with van der Waals surface area (Å²) in [6, 6.07) is 29.4. The van der Waals surface area contributed by atoms with Gasteiger partial charge in [0, 0.05) is 22.3 Å².